The molecule has 0 atom stereocenters. The van der Waals surface area contributed by atoms with E-state index in [0.29, 0.717) is 23.2 Å². The number of esters is 1. The van der Waals surface area contributed by atoms with Gasteiger partial charge in [0, 0.05) is 5.57 Å². The number of hydrogen-bond donors (Lipinski definition) is 1. The van der Waals surface area contributed by atoms with Gasteiger partial charge in [-0.1, -0.05) is 52.0 Å². The third-order valence-electron chi connectivity index (χ3n) is 4.13. The molecule has 1 rings (SSSR count). The Labute approximate surface area is 162 Å². The summed E-state index contributed by atoms with van der Waals surface area (Å²) in [5, 5.41) is 2.53. The topological polar surface area (TPSA) is 64.6 Å². The van der Waals surface area contributed by atoms with Crippen LogP contribution in [-0.4, -0.2) is 25.2 Å². The lowest BCUT2D eigenvalue weighted by Crippen LogP contribution is -2.30. The van der Waals surface area contributed by atoms with Gasteiger partial charge >= 0.3 is 12.1 Å². The predicted molar refractivity (Wildman–Crippen MR) is 109 cm³/mol. The molecule has 1 amide bonds. The fraction of sp³-hybridized carbons (Fsp3) is 0.455. The first kappa shape index (κ1) is 22.5. The van der Waals surface area contributed by atoms with E-state index in [0.717, 1.165) is 5.56 Å². The summed E-state index contributed by atoms with van der Waals surface area (Å²) in [7, 11) is 0. The van der Waals surface area contributed by atoms with Gasteiger partial charge in [0.1, 0.15) is 12.4 Å². The Kier molecular flexibility index (Phi) is 8.79. The quantitative estimate of drug-likeness (QED) is 0.396. The van der Waals surface area contributed by atoms with E-state index in [9.17, 15) is 9.59 Å². The zero-order chi connectivity index (χ0) is 20.6. The van der Waals surface area contributed by atoms with Crippen molar-refractivity contribution in [1.82, 2.24) is 5.32 Å². The third-order valence-corrected chi connectivity index (χ3v) is 4.13. The van der Waals surface area contributed by atoms with E-state index in [1.807, 2.05) is 12.1 Å². The molecule has 1 N–H and O–H groups in total. The lowest BCUT2D eigenvalue weighted by Gasteiger charge is -2.20. The molecule has 0 aliphatic heterocycles. The summed E-state index contributed by atoms with van der Waals surface area (Å²) < 4.78 is 10.1. The van der Waals surface area contributed by atoms with Gasteiger partial charge in [0.05, 0.1) is 6.54 Å². The van der Waals surface area contributed by atoms with Crippen molar-refractivity contribution in [3.05, 3.63) is 47.6 Å². The average Bonchev–Trinajstić information content (AvgIpc) is 2.58. The molecule has 0 aliphatic carbocycles. The van der Waals surface area contributed by atoms with Crippen LogP contribution >= 0.6 is 0 Å². The first-order valence-electron chi connectivity index (χ1n) is 9.22. The number of allylic oxidation sites excluding steroid dienone is 2. The number of hydrogen-bond acceptors (Lipinski definition) is 4. The molecule has 0 aromatic heterocycles. The summed E-state index contributed by atoms with van der Waals surface area (Å²) in [6.07, 6.45) is -0.591. The molecular formula is C22H31NO4. The highest BCUT2D eigenvalue weighted by atomic mass is 16.6. The molecule has 0 saturated heterocycles. The third kappa shape index (κ3) is 7.29. The Hall–Kier alpha value is -2.56. The van der Waals surface area contributed by atoms with E-state index in [-0.39, 0.29) is 13.2 Å². The molecule has 0 radical (unpaired) electrons. The molecule has 5 heteroatoms. The summed E-state index contributed by atoms with van der Waals surface area (Å²) in [5.41, 5.74) is 4.12. The summed E-state index contributed by atoms with van der Waals surface area (Å²) in [4.78, 5) is 23.0. The van der Waals surface area contributed by atoms with Crippen molar-refractivity contribution in [2.24, 2.45) is 11.8 Å². The minimum atomic E-state index is -0.591. The highest BCUT2D eigenvalue weighted by Crippen LogP contribution is 2.30. The molecule has 0 bridgehead atoms. The first-order chi connectivity index (χ1) is 12.6. The highest BCUT2D eigenvalue weighted by molar-refractivity contribution is 5.86. The SMILES string of the molecule is C=C(C)C(=O)OCCNC(=O)Oc1ccc(C(C)=C(C(C)C)C(C)C)cc1. The highest BCUT2D eigenvalue weighted by Gasteiger charge is 2.13. The molecule has 0 saturated carbocycles. The van der Waals surface area contributed by atoms with Crippen LogP contribution in [0.15, 0.2) is 42.0 Å². The molecule has 148 valence electrons. The number of ether oxygens (including phenoxy) is 2. The van der Waals surface area contributed by atoms with E-state index in [4.69, 9.17) is 9.47 Å². The molecule has 0 spiro atoms. The van der Waals surface area contributed by atoms with E-state index in [1.165, 1.54) is 11.1 Å². The maximum absolute atomic E-state index is 11.8. The zero-order valence-electron chi connectivity index (χ0n) is 17.2. The smallest absolute Gasteiger partial charge is 0.412 e. The van der Waals surface area contributed by atoms with Gasteiger partial charge in [0.2, 0.25) is 0 Å². The van der Waals surface area contributed by atoms with Crippen LogP contribution in [0.1, 0.15) is 47.1 Å². The van der Waals surface area contributed by atoms with Crippen molar-refractivity contribution in [2.45, 2.75) is 41.5 Å². The Morgan fingerprint density at radius 1 is 1.04 bits per heavy atom. The molecule has 0 unspecified atom stereocenters. The zero-order valence-corrected chi connectivity index (χ0v) is 17.2. The van der Waals surface area contributed by atoms with Crippen molar-refractivity contribution in [2.75, 3.05) is 13.2 Å². The van der Waals surface area contributed by atoms with Crippen molar-refractivity contribution >= 4 is 17.6 Å². The van der Waals surface area contributed by atoms with E-state index >= 15 is 0 Å². The van der Waals surface area contributed by atoms with Crippen molar-refractivity contribution in [1.29, 1.82) is 0 Å². The van der Waals surface area contributed by atoms with Gasteiger partial charge in [0.25, 0.3) is 0 Å². The number of benzene rings is 1. The lowest BCUT2D eigenvalue weighted by atomic mass is 9.86. The van der Waals surface area contributed by atoms with Crippen LogP contribution in [0, 0.1) is 11.8 Å². The van der Waals surface area contributed by atoms with Crippen LogP contribution in [0.4, 0.5) is 4.79 Å². The van der Waals surface area contributed by atoms with Gasteiger partial charge in [-0.05, 0) is 49.0 Å². The van der Waals surface area contributed by atoms with E-state index in [1.54, 1.807) is 19.1 Å². The molecule has 0 heterocycles. The molecule has 27 heavy (non-hydrogen) atoms. The Morgan fingerprint density at radius 2 is 1.59 bits per heavy atom. The molecule has 1 aromatic carbocycles. The maximum atomic E-state index is 11.8. The van der Waals surface area contributed by atoms with Crippen LogP contribution in [0.5, 0.6) is 5.75 Å². The molecule has 5 nitrogen and oxygen atoms in total. The fourth-order valence-corrected chi connectivity index (χ4v) is 3.04. The second kappa shape index (κ2) is 10.6. The average molecular weight is 373 g/mol. The molecule has 1 aromatic rings. The molecular weight excluding hydrogens is 342 g/mol. The largest absolute Gasteiger partial charge is 0.460 e. The number of nitrogens with one attached hydrogen (secondary N) is 1. The van der Waals surface area contributed by atoms with E-state index < -0.39 is 12.1 Å². The van der Waals surface area contributed by atoms with Gasteiger partial charge in [-0.3, -0.25) is 0 Å². The summed E-state index contributed by atoms with van der Waals surface area (Å²) in [5.74, 6) is 0.932. The molecule has 0 aliphatic rings. The van der Waals surface area contributed by atoms with Crippen LogP contribution < -0.4 is 10.1 Å². The summed E-state index contributed by atoms with van der Waals surface area (Å²) >= 11 is 0. The normalized spacial score (nSPS) is 10.5. The number of amides is 1. The first-order valence-corrected chi connectivity index (χ1v) is 9.22. The van der Waals surface area contributed by atoms with Crippen molar-refractivity contribution in [3.8, 4) is 5.75 Å². The Balaban J connectivity index is 2.62. The molecule has 0 fully saturated rings. The van der Waals surface area contributed by atoms with Gasteiger partial charge in [-0.25, -0.2) is 9.59 Å². The van der Waals surface area contributed by atoms with Crippen LogP contribution in [-0.2, 0) is 9.53 Å². The Morgan fingerprint density at radius 3 is 2.07 bits per heavy atom. The van der Waals surface area contributed by atoms with E-state index in [2.05, 4.69) is 46.5 Å². The van der Waals surface area contributed by atoms with Gasteiger partial charge in [-0.15, -0.1) is 0 Å². The fourth-order valence-electron chi connectivity index (χ4n) is 3.04. The minimum absolute atomic E-state index is 0.0664. The predicted octanol–water partition coefficient (Wildman–Crippen LogP) is 4.98. The van der Waals surface area contributed by atoms with Crippen molar-refractivity contribution < 1.29 is 19.1 Å². The summed E-state index contributed by atoms with van der Waals surface area (Å²) in [6, 6.07) is 7.46. The number of carbonyl (C=O) groups excluding carboxylic acids is 2. The number of rotatable bonds is 8. The van der Waals surface area contributed by atoms with Crippen LogP contribution in [0.2, 0.25) is 0 Å². The second-order valence-electron chi connectivity index (χ2n) is 7.15. The van der Waals surface area contributed by atoms with Crippen LogP contribution in [0.3, 0.4) is 0 Å². The van der Waals surface area contributed by atoms with Gasteiger partial charge in [-0.2, -0.15) is 0 Å². The maximum Gasteiger partial charge on any atom is 0.412 e. The summed E-state index contributed by atoms with van der Waals surface area (Å²) in [6.45, 7) is 16.2. The Bertz CT molecular complexity index is 690. The van der Waals surface area contributed by atoms with Crippen molar-refractivity contribution in [3.63, 3.8) is 0 Å². The lowest BCUT2D eigenvalue weighted by molar-refractivity contribution is -0.138. The van der Waals surface area contributed by atoms with Gasteiger partial charge in [0.15, 0.2) is 0 Å². The minimum Gasteiger partial charge on any atom is -0.460 e. The van der Waals surface area contributed by atoms with Crippen LogP contribution in [0.25, 0.3) is 5.57 Å². The monoisotopic (exact) mass is 373 g/mol. The second-order valence-corrected chi connectivity index (χ2v) is 7.15. The number of carbonyl (C=O) groups is 2. The standard InChI is InChI=1S/C22H31NO4/c1-14(2)20(15(3)4)17(7)18-8-10-19(11-9-18)27-22(25)23-12-13-26-21(24)16(5)6/h8-11,14-15H,5,12-13H2,1-4,6-7H3,(H,23,25). The van der Waals surface area contributed by atoms with Gasteiger partial charge < -0.3 is 14.8 Å².